The molecule has 1 saturated heterocycles. The first-order chi connectivity index (χ1) is 10.7. The Bertz CT molecular complexity index is 293. The van der Waals surface area contributed by atoms with Gasteiger partial charge in [0.15, 0.2) is 0 Å². The Morgan fingerprint density at radius 3 is 2.55 bits per heavy atom. The number of hydrogen-bond donors (Lipinski definition) is 3. The van der Waals surface area contributed by atoms with Crippen LogP contribution in [-0.4, -0.2) is 59.6 Å². The average molecular weight is 316 g/mol. The Balaban J connectivity index is 2.11. The van der Waals surface area contributed by atoms with Crippen molar-refractivity contribution in [2.45, 2.75) is 76.3 Å². The van der Waals surface area contributed by atoms with E-state index in [9.17, 15) is 15.3 Å². The van der Waals surface area contributed by atoms with E-state index in [4.69, 9.17) is 9.47 Å². The molecule has 0 bridgehead atoms. The molecule has 0 aromatic carbocycles. The number of unbranched alkanes of at least 4 members (excludes halogenated alkanes) is 5. The van der Waals surface area contributed by atoms with Gasteiger partial charge in [0.05, 0.1) is 19.8 Å². The number of hydrogen-bond acceptors (Lipinski definition) is 5. The van der Waals surface area contributed by atoms with Crippen molar-refractivity contribution in [1.29, 1.82) is 0 Å². The molecule has 0 unspecified atom stereocenters. The number of rotatable bonds is 11. The summed E-state index contributed by atoms with van der Waals surface area (Å²) in [6.07, 6.45) is 9.33. The van der Waals surface area contributed by atoms with Crippen molar-refractivity contribution >= 4 is 0 Å². The summed E-state index contributed by atoms with van der Waals surface area (Å²) in [5.41, 5.74) is 0. The van der Waals surface area contributed by atoms with E-state index in [0.29, 0.717) is 6.61 Å². The van der Waals surface area contributed by atoms with Crippen molar-refractivity contribution in [3.05, 3.63) is 12.2 Å². The lowest BCUT2D eigenvalue weighted by Gasteiger charge is -2.37. The molecule has 5 heteroatoms. The van der Waals surface area contributed by atoms with E-state index in [1.807, 2.05) is 0 Å². The number of aliphatic hydroxyl groups excluding tert-OH is 3. The van der Waals surface area contributed by atoms with Crippen LogP contribution in [0.25, 0.3) is 0 Å². The standard InChI is InChI=1S/C17H32O5/c1-2-3-4-5-6-7-8-9-10-11-21-17-15(12-18)22-13-14(19)16(17)20/h8-9,14-20H,2-7,10-13H2,1H3/b9-8+/t14-,15+,16+,17+/m1/s1. The molecule has 1 heterocycles. The molecule has 0 aromatic rings. The molecule has 130 valence electrons. The third-order valence-corrected chi connectivity index (χ3v) is 3.99. The second kappa shape index (κ2) is 12.0. The van der Waals surface area contributed by atoms with Crippen molar-refractivity contribution in [2.24, 2.45) is 0 Å². The van der Waals surface area contributed by atoms with Gasteiger partial charge in [-0.2, -0.15) is 0 Å². The highest BCUT2D eigenvalue weighted by Gasteiger charge is 2.39. The van der Waals surface area contributed by atoms with Gasteiger partial charge in [0.1, 0.15) is 24.4 Å². The minimum Gasteiger partial charge on any atom is -0.394 e. The SMILES string of the molecule is CCCCCCC/C=C/CCO[C@@H]1[C@@H](O)[C@H](O)CO[C@H]1CO. The van der Waals surface area contributed by atoms with Gasteiger partial charge in [0.25, 0.3) is 0 Å². The van der Waals surface area contributed by atoms with Crippen LogP contribution in [0.1, 0.15) is 51.9 Å². The van der Waals surface area contributed by atoms with Crippen LogP contribution in [-0.2, 0) is 9.47 Å². The molecule has 0 radical (unpaired) electrons. The van der Waals surface area contributed by atoms with Crippen LogP contribution in [0.2, 0.25) is 0 Å². The summed E-state index contributed by atoms with van der Waals surface area (Å²) < 4.78 is 10.8. The number of allylic oxidation sites excluding steroid dienone is 1. The Labute approximate surface area is 133 Å². The van der Waals surface area contributed by atoms with Gasteiger partial charge < -0.3 is 24.8 Å². The van der Waals surface area contributed by atoms with Gasteiger partial charge in [0, 0.05) is 0 Å². The second-order valence-corrected chi connectivity index (χ2v) is 5.91. The van der Waals surface area contributed by atoms with Crippen LogP contribution >= 0.6 is 0 Å². The minimum atomic E-state index is -1.01. The summed E-state index contributed by atoms with van der Waals surface area (Å²) in [6.45, 7) is 2.47. The van der Waals surface area contributed by atoms with Crippen LogP contribution in [0.4, 0.5) is 0 Å². The third kappa shape index (κ3) is 7.20. The summed E-state index contributed by atoms with van der Waals surface area (Å²) in [6, 6.07) is 0. The van der Waals surface area contributed by atoms with Crippen LogP contribution in [0.3, 0.4) is 0 Å². The molecule has 0 saturated carbocycles. The first-order valence-electron chi connectivity index (χ1n) is 8.55. The maximum atomic E-state index is 9.90. The molecule has 4 atom stereocenters. The molecule has 0 aromatic heterocycles. The van der Waals surface area contributed by atoms with Crippen LogP contribution in [0.5, 0.6) is 0 Å². The van der Waals surface area contributed by atoms with Gasteiger partial charge in [-0.05, 0) is 19.3 Å². The summed E-state index contributed by atoms with van der Waals surface area (Å²) >= 11 is 0. The van der Waals surface area contributed by atoms with E-state index in [-0.39, 0.29) is 13.2 Å². The molecule has 0 spiro atoms. The minimum absolute atomic E-state index is 0.0319. The molecular formula is C17H32O5. The highest BCUT2D eigenvalue weighted by atomic mass is 16.6. The lowest BCUT2D eigenvalue weighted by Crippen LogP contribution is -2.55. The fourth-order valence-corrected chi connectivity index (χ4v) is 2.59. The summed E-state index contributed by atoms with van der Waals surface area (Å²) in [5.74, 6) is 0. The summed E-state index contributed by atoms with van der Waals surface area (Å²) in [5, 5.41) is 28.7. The maximum Gasteiger partial charge on any atom is 0.114 e. The monoisotopic (exact) mass is 316 g/mol. The highest BCUT2D eigenvalue weighted by molar-refractivity contribution is 4.88. The predicted molar refractivity (Wildman–Crippen MR) is 85.7 cm³/mol. The Hall–Kier alpha value is -0.460. The molecule has 0 amide bonds. The molecule has 0 aliphatic carbocycles. The van der Waals surface area contributed by atoms with Gasteiger partial charge in [-0.3, -0.25) is 0 Å². The topological polar surface area (TPSA) is 79.2 Å². The molecular weight excluding hydrogens is 284 g/mol. The molecule has 5 nitrogen and oxygen atoms in total. The normalized spacial score (nSPS) is 29.3. The summed E-state index contributed by atoms with van der Waals surface area (Å²) in [4.78, 5) is 0. The van der Waals surface area contributed by atoms with Crippen molar-refractivity contribution in [1.82, 2.24) is 0 Å². The predicted octanol–water partition coefficient (Wildman–Crippen LogP) is 1.79. The first kappa shape index (κ1) is 19.6. The van der Waals surface area contributed by atoms with E-state index in [0.717, 1.165) is 12.8 Å². The van der Waals surface area contributed by atoms with Crippen LogP contribution in [0.15, 0.2) is 12.2 Å². The van der Waals surface area contributed by atoms with E-state index >= 15 is 0 Å². The first-order valence-corrected chi connectivity index (χ1v) is 8.55. The Kier molecular flexibility index (Phi) is 10.7. The zero-order chi connectivity index (χ0) is 16.2. The quantitative estimate of drug-likeness (QED) is 0.400. The summed E-state index contributed by atoms with van der Waals surface area (Å²) in [7, 11) is 0. The zero-order valence-corrected chi connectivity index (χ0v) is 13.7. The molecule has 1 aliphatic heterocycles. The molecule has 1 aliphatic rings. The highest BCUT2D eigenvalue weighted by Crippen LogP contribution is 2.18. The molecule has 22 heavy (non-hydrogen) atoms. The lowest BCUT2D eigenvalue weighted by molar-refractivity contribution is -0.211. The fraction of sp³-hybridized carbons (Fsp3) is 0.882. The average Bonchev–Trinajstić information content (AvgIpc) is 2.53. The van der Waals surface area contributed by atoms with Crippen molar-refractivity contribution < 1.29 is 24.8 Å². The Morgan fingerprint density at radius 1 is 1.09 bits per heavy atom. The van der Waals surface area contributed by atoms with Gasteiger partial charge in [0.2, 0.25) is 0 Å². The van der Waals surface area contributed by atoms with E-state index in [2.05, 4.69) is 19.1 Å². The van der Waals surface area contributed by atoms with Gasteiger partial charge >= 0.3 is 0 Å². The maximum absolute atomic E-state index is 9.90. The largest absolute Gasteiger partial charge is 0.394 e. The Morgan fingerprint density at radius 2 is 1.82 bits per heavy atom. The molecule has 1 rings (SSSR count). The zero-order valence-electron chi connectivity index (χ0n) is 13.7. The van der Waals surface area contributed by atoms with Crippen molar-refractivity contribution in [3.8, 4) is 0 Å². The molecule has 1 fully saturated rings. The smallest absolute Gasteiger partial charge is 0.114 e. The second-order valence-electron chi connectivity index (χ2n) is 5.91. The van der Waals surface area contributed by atoms with Gasteiger partial charge in [-0.25, -0.2) is 0 Å². The number of ether oxygens (including phenoxy) is 2. The number of aliphatic hydroxyl groups is 3. The van der Waals surface area contributed by atoms with Gasteiger partial charge in [-0.15, -0.1) is 0 Å². The van der Waals surface area contributed by atoms with Gasteiger partial charge in [-0.1, -0.05) is 44.8 Å². The fourth-order valence-electron chi connectivity index (χ4n) is 2.59. The van der Waals surface area contributed by atoms with Crippen LogP contribution < -0.4 is 0 Å². The van der Waals surface area contributed by atoms with E-state index < -0.39 is 24.4 Å². The van der Waals surface area contributed by atoms with Crippen LogP contribution in [0, 0.1) is 0 Å². The van der Waals surface area contributed by atoms with E-state index in [1.54, 1.807) is 0 Å². The van der Waals surface area contributed by atoms with E-state index in [1.165, 1.54) is 32.1 Å². The van der Waals surface area contributed by atoms with Crippen molar-refractivity contribution in [2.75, 3.05) is 19.8 Å². The molecule has 3 N–H and O–H groups in total. The third-order valence-electron chi connectivity index (χ3n) is 3.99. The van der Waals surface area contributed by atoms with Crippen molar-refractivity contribution in [3.63, 3.8) is 0 Å². The lowest BCUT2D eigenvalue weighted by atomic mass is 10.0.